The van der Waals surface area contributed by atoms with Crippen molar-refractivity contribution in [2.24, 2.45) is 0 Å². The van der Waals surface area contributed by atoms with Crippen LogP contribution in [0.3, 0.4) is 0 Å². The second-order valence-corrected chi connectivity index (χ2v) is 7.42. The van der Waals surface area contributed by atoms with Crippen LogP contribution in [0.15, 0.2) is 70.1 Å². The molecule has 1 N–H and O–H groups in total. The minimum absolute atomic E-state index is 0.176. The number of rotatable bonds is 6. The number of fused-ring (bicyclic) bond motifs is 1. The normalized spacial score (nSPS) is 15.3. The molecule has 0 aliphatic carbocycles. The lowest BCUT2D eigenvalue weighted by molar-refractivity contribution is -0.930. The maximum absolute atomic E-state index is 12.4. The Bertz CT molecular complexity index is 1090. The Morgan fingerprint density at radius 2 is 1.87 bits per heavy atom. The zero-order valence-corrected chi connectivity index (χ0v) is 16.9. The molecule has 1 aliphatic heterocycles. The topological polar surface area (TPSA) is 70.2 Å². The molecule has 0 saturated carbocycles. The molecule has 1 aromatic heterocycles. The van der Waals surface area contributed by atoms with Gasteiger partial charge in [0.1, 0.15) is 26.0 Å². The van der Waals surface area contributed by atoms with Crippen LogP contribution in [0, 0.1) is 0 Å². The molecule has 6 heteroatoms. The predicted octanol–water partition coefficient (Wildman–Crippen LogP) is 2.15. The molecular formula is C24H24NO5+. The molecule has 30 heavy (non-hydrogen) atoms. The maximum Gasteiger partial charge on any atom is 0.337 e. The molecule has 0 radical (unpaired) electrons. The average Bonchev–Trinajstić information content (AvgIpc) is 2.78. The number of methoxy groups -OCH3 is 1. The molecule has 1 unspecified atom stereocenters. The lowest BCUT2D eigenvalue weighted by Crippen LogP contribution is -3.10. The summed E-state index contributed by atoms with van der Waals surface area (Å²) in [6, 6.07) is 16.9. The van der Waals surface area contributed by atoms with Gasteiger partial charge in [-0.3, -0.25) is 4.79 Å². The van der Waals surface area contributed by atoms with Crippen molar-refractivity contribution in [1.82, 2.24) is 0 Å². The third kappa shape index (κ3) is 4.60. The molecule has 2 aromatic carbocycles. The van der Waals surface area contributed by atoms with Gasteiger partial charge in [0.25, 0.3) is 0 Å². The number of esters is 1. The Hall–Kier alpha value is -3.38. The van der Waals surface area contributed by atoms with Crippen molar-refractivity contribution in [1.29, 1.82) is 0 Å². The Balaban J connectivity index is 1.35. The molecule has 6 nitrogen and oxygen atoms in total. The zero-order valence-electron chi connectivity index (χ0n) is 16.9. The van der Waals surface area contributed by atoms with Crippen molar-refractivity contribution in [3.8, 4) is 5.75 Å². The van der Waals surface area contributed by atoms with Crippen LogP contribution in [0.4, 0.5) is 0 Å². The van der Waals surface area contributed by atoms with Crippen LogP contribution >= 0.6 is 0 Å². The Kier molecular flexibility index (Phi) is 5.95. The SMILES string of the molecule is COC(=O)c1ccc(COc2coc(C[NH+]3CCc4ccccc4C3)cc2=O)cc1. The summed E-state index contributed by atoms with van der Waals surface area (Å²) in [7, 11) is 1.34. The van der Waals surface area contributed by atoms with Gasteiger partial charge in [-0.25, -0.2) is 4.79 Å². The maximum atomic E-state index is 12.4. The standard InChI is InChI=1S/C24H23NO5/c1-28-24(27)19-8-6-17(7-9-19)15-30-23-16-29-21(12-22(23)26)14-25-11-10-18-4-2-3-5-20(18)13-25/h2-9,12,16H,10-11,13-15H2,1H3/p+1. The van der Waals surface area contributed by atoms with Gasteiger partial charge in [0.15, 0.2) is 5.76 Å². The third-order valence-corrected chi connectivity index (χ3v) is 5.35. The van der Waals surface area contributed by atoms with Gasteiger partial charge in [0.05, 0.1) is 19.2 Å². The van der Waals surface area contributed by atoms with Crippen LogP contribution in [0.5, 0.6) is 5.75 Å². The number of nitrogens with one attached hydrogen (secondary N) is 1. The largest absolute Gasteiger partial charge is 0.482 e. The quantitative estimate of drug-likeness (QED) is 0.636. The van der Waals surface area contributed by atoms with Crippen molar-refractivity contribution in [2.75, 3.05) is 13.7 Å². The Labute approximate surface area is 174 Å². The van der Waals surface area contributed by atoms with Crippen LogP contribution in [-0.2, 0) is 30.9 Å². The summed E-state index contributed by atoms with van der Waals surface area (Å²) in [6.07, 6.45) is 2.42. The minimum Gasteiger partial charge on any atom is -0.482 e. The second kappa shape index (κ2) is 8.97. The molecule has 0 spiro atoms. The fourth-order valence-corrected chi connectivity index (χ4v) is 3.69. The first-order valence-corrected chi connectivity index (χ1v) is 9.94. The van der Waals surface area contributed by atoms with E-state index in [-0.39, 0.29) is 17.8 Å². The van der Waals surface area contributed by atoms with Crippen LogP contribution in [0.2, 0.25) is 0 Å². The van der Waals surface area contributed by atoms with E-state index in [0.717, 1.165) is 25.1 Å². The molecule has 0 amide bonds. The van der Waals surface area contributed by atoms with E-state index in [0.29, 0.717) is 17.9 Å². The molecule has 3 aromatic rings. The van der Waals surface area contributed by atoms with Gasteiger partial charge < -0.3 is 18.8 Å². The first-order chi connectivity index (χ1) is 14.6. The average molecular weight is 406 g/mol. The zero-order chi connectivity index (χ0) is 20.9. The van der Waals surface area contributed by atoms with E-state index in [4.69, 9.17) is 9.15 Å². The molecule has 1 aliphatic rings. The number of hydrogen-bond donors (Lipinski definition) is 1. The number of hydrogen-bond acceptors (Lipinski definition) is 5. The molecule has 2 heterocycles. The smallest absolute Gasteiger partial charge is 0.337 e. The Morgan fingerprint density at radius 1 is 1.10 bits per heavy atom. The highest BCUT2D eigenvalue weighted by molar-refractivity contribution is 5.89. The van der Waals surface area contributed by atoms with Crippen molar-refractivity contribution in [3.63, 3.8) is 0 Å². The van der Waals surface area contributed by atoms with Crippen LogP contribution in [0.25, 0.3) is 0 Å². The van der Waals surface area contributed by atoms with E-state index < -0.39 is 5.97 Å². The summed E-state index contributed by atoms with van der Waals surface area (Å²) < 4.78 is 16.0. The van der Waals surface area contributed by atoms with E-state index in [2.05, 4.69) is 29.0 Å². The van der Waals surface area contributed by atoms with E-state index in [1.165, 1.54) is 35.5 Å². The number of benzene rings is 2. The number of quaternary nitrogens is 1. The van der Waals surface area contributed by atoms with Gasteiger partial charge in [0, 0.05) is 18.1 Å². The van der Waals surface area contributed by atoms with Crippen molar-refractivity contribution < 1.29 is 23.6 Å². The van der Waals surface area contributed by atoms with Crippen molar-refractivity contribution >= 4 is 5.97 Å². The van der Waals surface area contributed by atoms with Gasteiger partial charge in [-0.15, -0.1) is 0 Å². The summed E-state index contributed by atoms with van der Waals surface area (Å²) in [6.45, 7) is 2.82. The van der Waals surface area contributed by atoms with E-state index in [9.17, 15) is 9.59 Å². The lowest BCUT2D eigenvalue weighted by atomic mass is 10.00. The van der Waals surface area contributed by atoms with Crippen LogP contribution in [0.1, 0.15) is 32.8 Å². The summed E-state index contributed by atoms with van der Waals surface area (Å²) in [4.78, 5) is 25.3. The fraction of sp³-hybridized carbons (Fsp3) is 0.250. The number of carbonyl (C=O) groups is 1. The van der Waals surface area contributed by atoms with Crippen LogP contribution < -0.4 is 15.1 Å². The second-order valence-electron chi connectivity index (χ2n) is 7.42. The highest BCUT2D eigenvalue weighted by atomic mass is 16.5. The van der Waals surface area contributed by atoms with Gasteiger partial charge in [-0.2, -0.15) is 0 Å². The van der Waals surface area contributed by atoms with E-state index >= 15 is 0 Å². The molecular weight excluding hydrogens is 382 g/mol. The summed E-state index contributed by atoms with van der Waals surface area (Å²) in [5, 5.41) is 0. The predicted molar refractivity (Wildman–Crippen MR) is 110 cm³/mol. The van der Waals surface area contributed by atoms with Gasteiger partial charge in [-0.1, -0.05) is 36.4 Å². The monoisotopic (exact) mass is 406 g/mol. The van der Waals surface area contributed by atoms with Gasteiger partial charge >= 0.3 is 5.97 Å². The highest BCUT2D eigenvalue weighted by Crippen LogP contribution is 2.13. The summed E-state index contributed by atoms with van der Waals surface area (Å²) in [5.41, 5.74) is 3.88. The summed E-state index contributed by atoms with van der Waals surface area (Å²) >= 11 is 0. The number of carbonyl (C=O) groups excluding carboxylic acids is 1. The third-order valence-electron chi connectivity index (χ3n) is 5.35. The number of ether oxygens (including phenoxy) is 2. The first kappa shape index (κ1) is 19.9. The van der Waals surface area contributed by atoms with Crippen LogP contribution in [-0.4, -0.2) is 19.6 Å². The van der Waals surface area contributed by atoms with E-state index in [1.807, 2.05) is 0 Å². The highest BCUT2D eigenvalue weighted by Gasteiger charge is 2.20. The molecule has 0 saturated heterocycles. The molecule has 0 bridgehead atoms. The molecule has 0 fully saturated rings. The molecule has 154 valence electrons. The van der Waals surface area contributed by atoms with Gasteiger partial charge in [0.2, 0.25) is 11.2 Å². The van der Waals surface area contributed by atoms with Crippen molar-refractivity contribution in [2.45, 2.75) is 26.1 Å². The summed E-state index contributed by atoms with van der Waals surface area (Å²) in [5.74, 6) is 0.442. The fourth-order valence-electron chi connectivity index (χ4n) is 3.69. The van der Waals surface area contributed by atoms with Crippen molar-refractivity contribution in [3.05, 3.63) is 99.1 Å². The molecule has 4 rings (SSSR count). The first-order valence-electron chi connectivity index (χ1n) is 9.94. The van der Waals surface area contributed by atoms with E-state index in [1.54, 1.807) is 24.3 Å². The lowest BCUT2D eigenvalue weighted by Gasteiger charge is -2.25. The Morgan fingerprint density at radius 3 is 2.60 bits per heavy atom. The molecule has 1 atom stereocenters. The minimum atomic E-state index is -0.391. The van der Waals surface area contributed by atoms with Gasteiger partial charge in [-0.05, 0) is 23.3 Å².